The van der Waals surface area contributed by atoms with E-state index >= 15 is 0 Å². The van der Waals surface area contributed by atoms with Crippen LogP contribution in [0.3, 0.4) is 0 Å². The van der Waals surface area contributed by atoms with Crippen LogP contribution < -0.4 is 5.32 Å². The molecule has 3 nitrogen and oxygen atoms in total. The minimum Gasteiger partial charge on any atom is -0.314 e. The summed E-state index contributed by atoms with van der Waals surface area (Å²) in [6, 6.07) is 6.81. The first kappa shape index (κ1) is 14.6. The van der Waals surface area contributed by atoms with Crippen LogP contribution in [0.1, 0.15) is 24.4 Å². The molecule has 2 aromatic rings. The average molecular weight is 340 g/mol. The van der Waals surface area contributed by atoms with E-state index in [0.29, 0.717) is 6.04 Å². The monoisotopic (exact) mass is 339 g/mol. The topological polar surface area (TPSA) is 37.8 Å². The summed E-state index contributed by atoms with van der Waals surface area (Å²) in [6.45, 7) is 7.32. The summed E-state index contributed by atoms with van der Waals surface area (Å²) in [5, 5.41) is 14.0. The highest BCUT2D eigenvalue weighted by Crippen LogP contribution is 2.31. The van der Waals surface area contributed by atoms with Crippen LogP contribution in [0.25, 0.3) is 10.6 Å². The standard InChI is InChI=1S/C14H18BrN3S/c1-9(2)16-7-6-13-17-18-14(19-13)11-5-4-10(3)8-12(11)15/h4-5,8-9,16H,6-7H2,1-3H3. The summed E-state index contributed by atoms with van der Waals surface area (Å²) in [7, 11) is 0. The first-order valence-corrected chi connectivity index (χ1v) is 7.99. The minimum absolute atomic E-state index is 0.513. The van der Waals surface area contributed by atoms with Crippen LogP contribution in [-0.2, 0) is 6.42 Å². The van der Waals surface area contributed by atoms with Crippen molar-refractivity contribution >= 4 is 27.3 Å². The second kappa shape index (κ2) is 6.59. The van der Waals surface area contributed by atoms with Crippen molar-refractivity contribution in [3.8, 4) is 10.6 Å². The first-order valence-electron chi connectivity index (χ1n) is 6.38. The Balaban J connectivity index is 2.08. The maximum absolute atomic E-state index is 4.29. The summed E-state index contributed by atoms with van der Waals surface area (Å²) in [6.07, 6.45) is 0.930. The second-order valence-corrected chi connectivity index (χ2v) is 6.76. The molecule has 0 bridgehead atoms. The molecule has 1 heterocycles. The van der Waals surface area contributed by atoms with E-state index in [0.717, 1.165) is 33.0 Å². The van der Waals surface area contributed by atoms with Gasteiger partial charge >= 0.3 is 0 Å². The van der Waals surface area contributed by atoms with Gasteiger partial charge < -0.3 is 5.32 Å². The lowest BCUT2D eigenvalue weighted by atomic mass is 10.2. The third kappa shape index (κ3) is 4.09. The van der Waals surface area contributed by atoms with Crippen molar-refractivity contribution in [2.75, 3.05) is 6.54 Å². The Bertz CT molecular complexity index is 551. The van der Waals surface area contributed by atoms with Crippen LogP contribution in [0.2, 0.25) is 0 Å². The van der Waals surface area contributed by atoms with Crippen molar-refractivity contribution in [1.82, 2.24) is 15.5 Å². The molecule has 0 radical (unpaired) electrons. The van der Waals surface area contributed by atoms with Crippen LogP contribution >= 0.6 is 27.3 Å². The van der Waals surface area contributed by atoms with E-state index in [1.165, 1.54) is 5.56 Å². The molecular weight excluding hydrogens is 322 g/mol. The van der Waals surface area contributed by atoms with Crippen molar-refractivity contribution in [3.63, 3.8) is 0 Å². The van der Waals surface area contributed by atoms with Gasteiger partial charge in [-0.2, -0.15) is 0 Å². The predicted molar refractivity (Wildman–Crippen MR) is 84.6 cm³/mol. The van der Waals surface area contributed by atoms with Gasteiger partial charge in [-0.3, -0.25) is 0 Å². The highest BCUT2D eigenvalue weighted by molar-refractivity contribution is 9.10. The van der Waals surface area contributed by atoms with Gasteiger partial charge in [0.15, 0.2) is 0 Å². The van der Waals surface area contributed by atoms with Crippen LogP contribution in [0.15, 0.2) is 22.7 Å². The lowest BCUT2D eigenvalue weighted by Gasteiger charge is -2.05. The van der Waals surface area contributed by atoms with E-state index in [4.69, 9.17) is 0 Å². The predicted octanol–water partition coefficient (Wildman–Crippen LogP) is 3.82. The molecule has 0 unspecified atom stereocenters. The highest BCUT2D eigenvalue weighted by Gasteiger charge is 2.10. The van der Waals surface area contributed by atoms with Gasteiger partial charge in [0.05, 0.1) is 0 Å². The van der Waals surface area contributed by atoms with E-state index < -0.39 is 0 Å². The van der Waals surface area contributed by atoms with Crippen LogP contribution in [-0.4, -0.2) is 22.8 Å². The van der Waals surface area contributed by atoms with Crippen molar-refractivity contribution in [2.45, 2.75) is 33.2 Å². The molecular formula is C14H18BrN3S. The summed E-state index contributed by atoms with van der Waals surface area (Å²) >= 11 is 5.26. The van der Waals surface area contributed by atoms with Gasteiger partial charge in [0.1, 0.15) is 10.0 Å². The molecule has 1 aromatic carbocycles. The lowest BCUT2D eigenvalue weighted by molar-refractivity contribution is 0.588. The molecule has 0 spiro atoms. The van der Waals surface area contributed by atoms with Crippen molar-refractivity contribution < 1.29 is 0 Å². The summed E-state index contributed by atoms with van der Waals surface area (Å²) in [5.41, 5.74) is 2.35. The molecule has 0 amide bonds. The van der Waals surface area contributed by atoms with Gasteiger partial charge in [-0.1, -0.05) is 53.2 Å². The molecule has 1 N–H and O–H groups in total. The number of nitrogens with zero attached hydrogens (tertiary/aromatic N) is 2. The fourth-order valence-corrected chi connectivity index (χ4v) is 3.42. The SMILES string of the molecule is Cc1ccc(-c2nnc(CCNC(C)C)s2)c(Br)c1. The lowest BCUT2D eigenvalue weighted by Crippen LogP contribution is -2.24. The van der Waals surface area contributed by atoms with E-state index in [2.05, 4.69) is 70.4 Å². The van der Waals surface area contributed by atoms with Gasteiger partial charge in [-0.15, -0.1) is 10.2 Å². The van der Waals surface area contributed by atoms with Crippen molar-refractivity contribution in [3.05, 3.63) is 33.2 Å². The molecule has 0 atom stereocenters. The van der Waals surface area contributed by atoms with E-state index in [9.17, 15) is 0 Å². The number of halogens is 1. The molecule has 1 aromatic heterocycles. The van der Waals surface area contributed by atoms with Gasteiger partial charge in [0.2, 0.25) is 0 Å². The number of aromatic nitrogens is 2. The van der Waals surface area contributed by atoms with E-state index in [1.54, 1.807) is 11.3 Å². The Hall–Kier alpha value is -0.780. The normalized spacial score (nSPS) is 11.2. The smallest absolute Gasteiger partial charge is 0.148 e. The summed E-state index contributed by atoms with van der Waals surface area (Å²) in [5.74, 6) is 0. The zero-order chi connectivity index (χ0) is 13.8. The number of hydrogen-bond donors (Lipinski definition) is 1. The number of benzene rings is 1. The van der Waals surface area contributed by atoms with Gasteiger partial charge in [-0.25, -0.2) is 0 Å². The Kier molecular flexibility index (Phi) is 5.07. The van der Waals surface area contributed by atoms with Gasteiger partial charge in [0.25, 0.3) is 0 Å². The molecule has 0 saturated carbocycles. The Morgan fingerprint density at radius 3 is 2.79 bits per heavy atom. The average Bonchev–Trinajstić information content (AvgIpc) is 2.77. The van der Waals surface area contributed by atoms with Crippen LogP contribution in [0.4, 0.5) is 0 Å². The maximum Gasteiger partial charge on any atom is 0.148 e. The molecule has 19 heavy (non-hydrogen) atoms. The highest BCUT2D eigenvalue weighted by atomic mass is 79.9. The Labute approximate surface area is 126 Å². The summed E-state index contributed by atoms with van der Waals surface area (Å²) < 4.78 is 1.08. The Morgan fingerprint density at radius 1 is 1.32 bits per heavy atom. The molecule has 2 rings (SSSR count). The molecule has 0 aliphatic heterocycles. The molecule has 5 heteroatoms. The Morgan fingerprint density at radius 2 is 2.11 bits per heavy atom. The summed E-state index contributed by atoms with van der Waals surface area (Å²) in [4.78, 5) is 0. The van der Waals surface area contributed by atoms with Crippen LogP contribution in [0.5, 0.6) is 0 Å². The van der Waals surface area contributed by atoms with Gasteiger partial charge in [0, 0.05) is 29.0 Å². The largest absolute Gasteiger partial charge is 0.314 e. The molecule has 0 saturated heterocycles. The molecule has 0 aliphatic carbocycles. The van der Waals surface area contributed by atoms with Gasteiger partial charge in [-0.05, 0) is 18.6 Å². The fraction of sp³-hybridized carbons (Fsp3) is 0.429. The van der Waals surface area contributed by atoms with E-state index in [1.807, 2.05) is 0 Å². The number of aryl methyl sites for hydroxylation is 1. The zero-order valence-electron chi connectivity index (χ0n) is 11.4. The number of nitrogens with one attached hydrogen (secondary N) is 1. The number of rotatable bonds is 5. The zero-order valence-corrected chi connectivity index (χ0v) is 13.8. The number of hydrogen-bond acceptors (Lipinski definition) is 4. The second-order valence-electron chi connectivity index (χ2n) is 4.84. The quantitative estimate of drug-likeness (QED) is 0.899. The van der Waals surface area contributed by atoms with Crippen molar-refractivity contribution in [1.29, 1.82) is 0 Å². The molecule has 0 fully saturated rings. The fourth-order valence-electron chi connectivity index (χ4n) is 1.72. The third-order valence-electron chi connectivity index (χ3n) is 2.71. The third-order valence-corrected chi connectivity index (χ3v) is 4.39. The minimum atomic E-state index is 0.513. The molecule has 0 aliphatic rings. The van der Waals surface area contributed by atoms with Crippen LogP contribution in [0, 0.1) is 6.92 Å². The maximum atomic E-state index is 4.29. The van der Waals surface area contributed by atoms with Crippen molar-refractivity contribution in [2.24, 2.45) is 0 Å². The van der Waals surface area contributed by atoms with E-state index in [-0.39, 0.29) is 0 Å². The first-order chi connectivity index (χ1) is 9.06. The molecule has 102 valence electrons.